The fourth-order valence-electron chi connectivity index (χ4n) is 1.86. The van der Waals surface area contributed by atoms with Gasteiger partial charge < -0.3 is 15.8 Å². The molecular formula is C12H16N2O2S. The maximum Gasteiger partial charge on any atom is 0.234 e. The summed E-state index contributed by atoms with van der Waals surface area (Å²) >= 11 is 1.56. The molecule has 1 aromatic rings. The van der Waals surface area contributed by atoms with E-state index in [2.05, 4.69) is 11.4 Å². The van der Waals surface area contributed by atoms with Gasteiger partial charge in [0.1, 0.15) is 0 Å². The van der Waals surface area contributed by atoms with Crippen molar-refractivity contribution in [3.05, 3.63) is 23.8 Å². The molecule has 92 valence electrons. The van der Waals surface area contributed by atoms with E-state index >= 15 is 0 Å². The van der Waals surface area contributed by atoms with E-state index in [1.54, 1.807) is 18.9 Å². The second-order valence-electron chi connectivity index (χ2n) is 3.98. The summed E-state index contributed by atoms with van der Waals surface area (Å²) in [4.78, 5) is 12.4. The van der Waals surface area contributed by atoms with Gasteiger partial charge in [0.05, 0.1) is 18.0 Å². The Hall–Kier alpha value is -1.04. The highest BCUT2D eigenvalue weighted by Crippen LogP contribution is 2.33. The first-order valence-electron chi connectivity index (χ1n) is 5.50. The van der Waals surface area contributed by atoms with Crippen molar-refractivity contribution < 1.29 is 9.53 Å². The van der Waals surface area contributed by atoms with Gasteiger partial charge in [-0.25, -0.2) is 0 Å². The quantitative estimate of drug-likeness (QED) is 0.850. The number of methoxy groups -OCH3 is 1. The van der Waals surface area contributed by atoms with Gasteiger partial charge in [-0.2, -0.15) is 0 Å². The number of thioether (sulfide) groups is 1. The first-order chi connectivity index (χ1) is 8.24. The van der Waals surface area contributed by atoms with E-state index < -0.39 is 0 Å². The van der Waals surface area contributed by atoms with Crippen LogP contribution < -0.4 is 11.1 Å². The van der Waals surface area contributed by atoms with Crippen LogP contribution in [-0.4, -0.2) is 31.9 Å². The minimum atomic E-state index is 0.0516. The smallest absolute Gasteiger partial charge is 0.234 e. The molecule has 3 N–H and O–H groups in total. The zero-order chi connectivity index (χ0) is 12.3. The lowest BCUT2D eigenvalue weighted by molar-refractivity contribution is -0.113. The van der Waals surface area contributed by atoms with Crippen LogP contribution >= 0.6 is 11.8 Å². The van der Waals surface area contributed by atoms with Crippen LogP contribution in [0.2, 0.25) is 0 Å². The molecule has 1 aliphatic heterocycles. The lowest BCUT2D eigenvalue weighted by Crippen LogP contribution is -2.20. The molecule has 1 atom stereocenters. The van der Waals surface area contributed by atoms with Gasteiger partial charge in [-0.05, 0) is 17.7 Å². The highest BCUT2D eigenvalue weighted by atomic mass is 32.2. The van der Waals surface area contributed by atoms with Crippen molar-refractivity contribution in [2.24, 2.45) is 5.73 Å². The van der Waals surface area contributed by atoms with Gasteiger partial charge in [0.25, 0.3) is 0 Å². The van der Waals surface area contributed by atoms with Gasteiger partial charge in [-0.15, -0.1) is 11.8 Å². The minimum absolute atomic E-state index is 0.0516. The Labute approximate surface area is 105 Å². The molecule has 0 aliphatic carbocycles. The Morgan fingerprint density at radius 1 is 1.59 bits per heavy atom. The highest BCUT2D eigenvalue weighted by molar-refractivity contribution is 8.00. The average molecular weight is 252 g/mol. The number of carbonyl (C=O) groups excluding carboxylic acids is 1. The summed E-state index contributed by atoms with van der Waals surface area (Å²) in [5.41, 5.74) is 7.72. The van der Waals surface area contributed by atoms with E-state index in [-0.39, 0.29) is 11.8 Å². The number of hydrogen-bond donors (Lipinski definition) is 2. The average Bonchev–Trinajstić information content (AvgIpc) is 2.35. The number of benzene rings is 1. The monoisotopic (exact) mass is 252 g/mol. The molecule has 0 fully saturated rings. The molecule has 17 heavy (non-hydrogen) atoms. The number of fused-ring (bicyclic) bond motifs is 1. The number of rotatable bonds is 4. The summed E-state index contributed by atoms with van der Waals surface area (Å²) in [6, 6.07) is 6.09. The largest absolute Gasteiger partial charge is 0.384 e. The van der Waals surface area contributed by atoms with Crippen LogP contribution in [-0.2, 0) is 9.53 Å². The molecule has 0 radical (unpaired) electrons. The minimum Gasteiger partial charge on any atom is -0.384 e. The molecule has 4 nitrogen and oxygen atoms in total. The molecule has 1 aliphatic rings. The predicted octanol–water partition coefficient (Wildman–Crippen LogP) is 1.42. The van der Waals surface area contributed by atoms with E-state index in [1.165, 1.54) is 0 Å². The number of nitrogens with one attached hydrogen (secondary N) is 1. The van der Waals surface area contributed by atoms with Crippen molar-refractivity contribution in [3.8, 4) is 0 Å². The Balaban J connectivity index is 2.25. The fraction of sp³-hybridized carbons (Fsp3) is 0.417. The van der Waals surface area contributed by atoms with Crippen LogP contribution in [0, 0.1) is 0 Å². The Morgan fingerprint density at radius 3 is 3.12 bits per heavy atom. The topological polar surface area (TPSA) is 64.3 Å². The molecule has 0 spiro atoms. The SMILES string of the molecule is COCC(CN)c1ccc2c(c1)NC(=O)CS2. The second kappa shape index (κ2) is 5.53. The Bertz CT molecular complexity index is 423. The van der Waals surface area contributed by atoms with Crippen molar-refractivity contribution in [1.82, 2.24) is 0 Å². The number of ether oxygens (including phenoxy) is 1. The number of amides is 1. The predicted molar refractivity (Wildman–Crippen MR) is 69.5 cm³/mol. The lowest BCUT2D eigenvalue weighted by Gasteiger charge is -2.20. The summed E-state index contributed by atoms with van der Waals surface area (Å²) in [6.45, 7) is 1.13. The van der Waals surface area contributed by atoms with E-state index in [1.807, 2.05) is 12.1 Å². The van der Waals surface area contributed by atoms with Crippen LogP contribution in [0.4, 0.5) is 5.69 Å². The van der Waals surface area contributed by atoms with Crippen LogP contribution in [0.1, 0.15) is 11.5 Å². The van der Waals surface area contributed by atoms with Crippen LogP contribution in [0.25, 0.3) is 0 Å². The molecule has 1 amide bonds. The normalized spacial score (nSPS) is 16.2. The second-order valence-corrected chi connectivity index (χ2v) is 5.00. The molecule has 1 aromatic carbocycles. The number of hydrogen-bond acceptors (Lipinski definition) is 4. The van der Waals surface area contributed by atoms with Gasteiger partial charge in [-0.1, -0.05) is 6.07 Å². The number of anilines is 1. The third kappa shape index (κ3) is 2.80. The standard InChI is InChI=1S/C12H16N2O2S/c1-16-6-9(5-13)8-2-3-11-10(4-8)14-12(15)7-17-11/h2-4,9H,5-7,13H2,1H3,(H,14,15). The van der Waals surface area contributed by atoms with Gasteiger partial charge in [-0.3, -0.25) is 4.79 Å². The molecule has 0 bridgehead atoms. The van der Waals surface area contributed by atoms with E-state index in [4.69, 9.17) is 10.5 Å². The number of nitrogens with two attached hydrogens (primary N) is 1. The summed E-state index contributed by atoms with van der Waals surface area (Å²) < 4.78 is 5.14. The summed E-state index contributed by atoms with van der Waals surface area (Å²) in [6.07, 6.45) is 0. The number of carbonyl (C=O) groups is 1. The van der Waals surface area contributed by atoms with Gasteiger partial charge >= 0.3 is 0 Å². The fourth-order valence-corrected chi connectivity index (χ4v) is 2.64. The van der Waals surface area contributed by atoms with Crippen molar-refractivity contribution in [1.29, 1.82) is 0 Å². The zero-order valence-electron chi connectivity index (χ0n) is 9.73. The highest BCUT2D eigenvalue weighted by Gasteiger charge is 2.17. The molecule has 1 unspecified atom stereocenters. The van der Waals surface area contributed by atoms with Crippen LogP contribution in [0.3, 0.4) is 0 Å². The van der Waals surface area contributed by atoms with Gasteiger partial charge in [0.15, 0.2) is 0 Å². The van der Waals surface area contributed by atoms with Crippen LogP contribution in [0.15, 0.2) is 23.1 Å². The molecule has 1 heterocycles. The molecule has 0 saturated carbocycles. The third-order valence-electron chi connectivity index (χ3n) is 2.76. The lowest BCUT2D eigenvalue weighted by atomic mass is 9.99. The summed E-state index contributed by atoms with van der Waals surface area (Å²) in [5.74, 6) is 0.717. The molecule has 5 heteroatoms. The maximum atomic E-state index is 11.3. The van der Waals surface area contributed by atoms with Crippen LogP contribution in [0.5, 0.6) is 0 Å². The maximum absolute atomic E-state index is 11.3. The zero-order valence-corrected chi connectivity index (χ0v) is 10.5. The molecular weight excluding hydrogens is 236 g/mol. The van der Waals surface area contributed by atoms with Crippen molar-refractivity contribution in [2.45, 2.75) is 10.8 Å². The van der Waals surface area contributed by atoms with Crippen molar-refractivity contribution in [3.63, 3.8) is 0 Å². The molecule has 0 saturated heterocycles. The van der Waals surface area contributed by atoms with Gasteiger partial charge in [0, 0.05) is 24.5 Å². The van der Waals surface area contributed by atoms with E-state index in [9.17, 15) is 4.79 Å². The summed E-state index contributed by atoms with van der Waals surface area (Å²) in [5, 5.41) is 2.88. The summed E-state index contributed by atoms with van der Waals surface area (Å²) in [7, 11) is 1.67. The van der Waals surface area contributed by atoms with E-state index in [0.29, 0.717) is 18.9 Å². The molecule has 0 aromatic heterocycles. The Morgan fingerprint density at radius 2 is 2.41 bits per heavy atom. The Kier molecular flexibility index (Phi) is 4.04. The molecule has 2 rings (SSSR count). The third-order valence-corrected chi connectivity index (χ3v) is 3.83. The van der Waals surface area contributed by atoms with Gasteiger partial charge in [0.2, 0.25) is 5.91 Å². The first-order valence-corrected chi connectivity index (χ1v) is 6.48. The van der Waals surface area contributed by atoms with Crippen molar-refractivity contribution >= 4 is 23.4 Å². The van der Waals surface area contributed by atoms with Crippen molar-refractivity contribution in [2.75, 3.05) is 31.3 Å². The first kappa shape index (κ1) is 12.4. The van der Waals surface area contributed by atoms with E-state index in [0.717, 1.165) is 16.1 Å².